The number of hydrogen-bond donors (Lipinski definition) is 2. The number of amides is 1. The summed E-state index contributed by atoms with van der Waals surface area (Å²) in [5.74, 6) is 0.517. The van der Waals surface area contributed by atoms with Crippen molar-refractivity contribution < 1.29 is 9.59 Å². The molecule has 0 aromatic carbocycles. The maximum absolute atomic E-state index is 11.6. The Morgan fingerprint density at radius 2 is 1.69 bits per heavy atom. The smallest absolute Gasteiger partial charge is 0.237 e. The summed E-state index contributed by atoms with van der Waals surface area (Å²) < 4.78 is 0. The molecule has 1 amide bonds. The lowest BCUT2D eigenvalue weighted by Gasteiger charge is -2.19. The van der Waals surface area contributed by atoms with Crippen LogP contribution in [-0.2, 0) is 9.59 Å². The number of aldehydes is 1. The van der Waals surface area contributed by atoms with Crippen molar-refractivity contribution in [3.05, 3.63) is 0 Å². The third-order valence-electron chi connectivity index (χ3n) is 2.28. The molecule has 16 heavy (non-hydrogen) atoms. The largest absolute Gasteiger partial charge is 0.345 e. The second kappa shape index (κ2) is 7.39. The molecule has 0 aliphatic rings. The van der Waals surface area contributed by atoms with E-state index in [0.29, 0.717) is 24.7 Å². The first-order chi connectivity index (χ1) is 7.36. The third-order valence-corrected chi connectivity index (χ3v) is 2.28. The predicted octanol–water partition coefficient (Wildman–Crippen LogP) is 1.09. The summed E-state index contributed by atoms with van der Waals surface area (Å²) >= 11 is 0. The van der Waals surface area contributed by atoms with Crippen LogP contribution in [0.4, 0.5) is 0 Å². The van der Waals surface area contributed by atoms with Gasteiger partial charge in [0.1, 0.15) is 6.29 Å². The summed E-state index contributed by atoms with van der Waals surface area (Å²) in [6, 6.07) is -0.930. The van der Waals surface area contributed by atoms with Gasteiger partial charge < -0.3 is 15.8 Å². The van der Waals surface area contributed by atoms with Gasteiger partial charge in [-0.15, -0.1) is 0 Å². The van der Waals surface area contributed by atoms with Crippen LogP contribution in [0.5, 0.6) is 0 Å². The Balaban J connectivity index is 4.13. The summed E-state index contributed by atoms with van der Waals surface area (Å²) in [5.41, 5.74) is 5.72. The normalized spacial score (nSPS) is 14.9. The van der Waals surface area contributed by atoms with E-state index in [-0.39, 0.29) is 5.91 Å². The maximum atomic E-state index is 11.6. The van der Waals surface area contributed by atoms with Gasteiger partial charge in [0.25, 0.3) is 0 Å². The zero-order chi connectivity index (χ0) is 12.7. The van der Waals surface area contributed by atoms with Crippen LogP contribution in [0.15, 0.2) is 0 Å². The lowest BCUT2D eigenvalue weighted by Crippen LogP contribution is -2.46. The molecule has 0 aromatic heterocycles. The Kier molecular flexibility index (Phi) is 6.97. The summed E-state index contributed by atoms with van der Waals surface area (Å²) in [5, 5.41) is 2.67. The molecule has 0 fully saturated rings. The Morgan fingerprint density at radius 1 is 1.19 bits per heavy atom. The van der Waals surface area contributed by atoms with Crippen LogP contribution < -0.4 is 11.1 Å². The van der Waals surface area contributed by atoms with Gasteiger partial charge in [0.05, 0.1) is 12.1 Å². The molecule has 0 radical (unpaired) electrons. The van der Waals surface area contributed by atoms with E-state index in [2.05, 4.69) is 5.32 Å². The summed E-state index contributed by atoms with van der Waals surface area (Å²) in [4.78, 5) is 22.4. The molecule has 0 aromatic rings. The Hall–Kier alpha value is -0.900. The number of carbonyl (C=O) groups excluding carboxylic acids is 2. The molecule has 0 saturated heterocycles. The van der Waals surface area contributed by atoms with Gasteiger partial charge in [0.15, 0.2) is 0 Å². The summed E-state index contributed by atoms with van der Waals surface area (Å²) in [6.45, 7) is 8.05. The van der Waals surface area contributed by atoms with Gasteiger partial charge in [-0.05, 0) is 24.7 Å². The maximum Gasteiger partial charge on any atom is 0.237 e. The highest BCUT2D eigenvalue weighted by atomic mass is 16.2. The summed E-state index contributed by atoms with van der Waals surface area (Å²) in [6.07, 6.45) is 2.07. The monoisotopic (exact) mass is 228 g/mol. The van der Waals surface area contributed by atoms with Crippen LogP contribution in [0.25, 0.3) is 0 Å². The average Bonchev–Trinajstić information content (AvgIpc) is 2.14. The molecule has 0 rings (SSSR count). The molecule has 0 saturated carbocycles. The molecular weight excluding hydrogens is 204 g/mol. The Morgan fingerprint density at radius 3 is 2.06 bits per heavy atom. The second-order valence-electron chi connectivity index (χ2n) is 5.12. The van der Waals surface area contributed by atoms with Crippen LogP contribution in [0.3, 0.4) is 0 Å². The van der Waals surface area contributed by atoms with Crippen molar-refractivity contribution >= 4 is 12.2 Å². The highest BCUT2D eigenvalue weighted by Gasteiger charge is 2.19. The number of nitrogens with one attached hydrogen (secondary N) is 1. The van der Waals surface area contributed by atoms with Gasteiger partial charge in [0.2, 0.25) is 5.91 Å². The molecule has 2 unspecified atom stereocenters. The molecule has 0 aliphatic carbocycles. The molecule has 0 heterocycles. The highest BCUT2D eigenvalue weighted by molar-refractivity contribution is 5.84. The third kappa shape index (κ3) is 6.56. The van der Waals surface area contributed by atoms with Crippen LogP contribution in [0.1, 0.15) is 40.5 Å². The topological polar surface area (TPSA) is 72.2 Å². The van der Waals surface area contributed by atoms with Crippen molar-refractivity contribution in [3.8, 4) is 0 Å². The van der Waals surface area contributed by atoms with E-state index in [4.69, 9.17) is 5.73 Å². The van der Waals surface area contributed by atoms with Crippen molar-refractivity contribution in [2.24, 2.45) is 17.6 Å². The van der Waals surface area contributed by atoms with Crippen molar-refractivity contribution in [1.82, 2.24) is 5.32 Å². The molecule has 2 atom stereocenters. The van der Waals surface area contributed by atoms with Crippen LogP contribution in [0, 0.1) is 11.8 Å². The molecule has 4 heteroatoms. The first-order valence-corrected chi connectivity index (χ1v) is 5.88. The predicted molar refractivity (Wildman–Crippen MR) is 64.9 cm³/mol. The van der Waals surface area contributed by atoms with E-state index in [1.165, 1.54) is 0 Å². The van der Waals surface area contributed by atoms with Gasteiger partial charge in [-0.2, -0.15) is 0 Å². The number of rotatable bonds is 7. The van der Waals surface area contributed by atoms with Gasteiger partial charge in [-0.3, -0.25) is 4.79 Å². The molecule has 3 N–H and O–H groups in total. The minimum Gasteiger partial charge on any atom is -0.345 e. The minimum atomic E-state index is -0.519. The lowest BCUT2D eigenvalue weighted by atomic mass is 10.0. The fourth-order valence-corrected chi connectivity index (χ4v) is 1.56. The molecule has 0 bridgehead atoms. The molecule has 0 aliphatic heterocycles. The second-order valence-corrected chi connectivity index (χ2v) is 5.12. The Labute approximate surface area is 98.0 Å². The fourth-order valence-electron chi connectivity index (χ4n) is 1.56. The van der Waals surface area contributed by atoms with Gasteiger partial charge in [-0.25, -0.2) is 0 Å². The molecular formula is C12H24N2O2. The van der Waals surface area contributed by atoms with E-state index in [1.807, 2.05) is 27.7 Å². The Bertz CT molecular complexity index is 227. The van der Waals surface area contributed by atoms with Crippen molar-refractivity contribution in [2.45, 2.75) is 52.6 Å². The zero-order valence-electron chi connectivity index (χ0n) is 10.7. The van der Waals surface area contributed by atoms with Gasteiger partial charge in [0, 0.05) is 0 Å². The van der Waals surface area contributed by atoms with E-state index in [1.54, 1.807) is 0 Å². The number of carbonyl (C=O) groups is 2. The number of nitrogens with two attached hydrogens (primary N) is 1. The first-order valence-electron chi connectivity index (χ1n) is 5.88. The molecule has 0 spiro atoms. The van der Waals surface area contributed by atoms with Gasteiger partial charge in [-0.1, -0.05) is 27.7 Å². The fraction of sp³-hybridized carbons (Fsp3) is 0.833. The number of hydrogen-bond acceptors (Lipinski definition) is 3. The van der Waals surface area contributed by atoms with Crippen molar-refractivity contribution in [2.75, 3.05) is 0 Å². The first kappa shape index (κ1) is 15.1. The van der Waals surface area contributed by atoms with E-state index < -0.39 is 12.1 Å². The van der Waals surface area contributed by atoms with Gasteiger partial charge >= 0.3 is 0 Å². The van der Waals surface area contributed by atoms with E-state index in [9.17, 15) is 9.59 Å². The minimum absolute atomic E-state index is 0.230. The highest BCUT2D eigenvalue weighted by Crippen LogP contribution is 2.05. The van der Waals surface area contributed by atoms with Crippen LogP contribution >= 0.6 is 0 Å². The molecule has 94 valence electrons. The quantitative estimate of drug-likeness (QED) is 0.641. The standard InChI is InChI=1S/C12H24N2O2/c1-8(2)5-10(7-15)14-12(16)11(13)6-9(3)4/h7-11H,5-6,13H2,1-4H3,(H,14,16). The van der Waals surface area contributed by atoms with E-state index in [0.717, 1.165) is 6.29 Å². The summed E-state index contributed by atoms with van der Waals surface area (Å²) in [7, 11) is 0. The van der Waals surface area contributed by atoms with Crippen molar-refractivity contribution in [1.29, 1.82) is 0 Å². The van der Waals surface area contributed by atoms with E-state index >= 15 is 0 Å². The molecule has 4 nitrogen and oxygen atoms in total. The lowest BCUT2D eigenvalue weighted by molar-refractivity contribution is -0.125. The SMILES string of the molecule is CC(C)CC(C=O)NC(=O)C(N)CC(C)C. The van der Waals surface area contributed by atoms with Crippen molar-refractivity contribution in [3.63, 3.8) is 0 Å². The zero-order valence-corrected chi connectivity index (χ0v) is 10.7. The van der Waals surface area contributed by atoms with Crippen LogP contribution in [0.2, 0.25) is 0 Å². The average molecular weight is 228 g/mol. The van der Waals surface area contributed by atoms with Crippen LogP contribution in [-0.4, -0.2) is 24.3 Å².